The lowest BCUT2D eigenvalue weighted by atomic mass is 10.0. The molecular formula is C20H23N7O4. The van der Waals surface area contributed by atoms with Gasteiger partial charge in [0.1, 0.15) is 17.7 Å². The highest BCUT2D eigenvalue weighted by atomic mass is 16.3. The highest BCUT2D eigenvalue weighted by Crippen LogP contribution is 2.29. The molecule has 31 heavy (non-hydrogen) atoms. The molecule has 1 aromatic carbocycles. The monoisotopic (exact) mass is 425 g/mol. The van der Waals surface area contributed by atoms with Crippen LogP contribution in [0.25, 0.3) is 0 Å². The molecule has 2 aromatic heterocycles. The number of aromatic amines is 2. The van der Waals surface area contributed by atoms with E-state index in [9.17, 15) is 19.5 Å². The largest absolute Gasteiger partial charge is 0.503 e. The molecule has 1 atom stereocenters. The number of carbonyl (C=O) groups is 1. The minimum Gasteiger partial charge on any atom is -0.503 e. The molecule has 0 aliphatic carbocycles. The molecule has 11 nitrogen and oxygen atoms in total. The minimum absolute atomic E-state index is 0.0297. The van der Waals surface area contributed by atoms with Crippen molar-refractivity contribution in [1.82, 2.24) is 25.1 Å². The van der Waals surface area contributed by atoms with E-state index >= 15 is 0 Å². The van der Waals surface area contributed by atoms with Crippen LogP contribution in [-0.2, 0) is 0 Å². The number of hydrogen-bond donors (Lipinski definition) is 5. The van der Waals surface area contributed by atoms with Crippen molar-refractivity contribution in [2.75, 3.05) is 24.7 Å². The van der Waals surface area contributed by atoms with Gasteiger partial charge in [-0.3, -0.25) is 24.6 Å². The van der Waals surface area contributed by atoms with Crippen molar-refractivity contribution < 1.29 is 9.90 Å². The second-order valence-electron chi connectivity index (χ2n) is 6.92. The Kier molecular flexibility index (Phi) is 6.34. The van der Waals surface area contributed by atoms with Crippen LogP contribution in [-0.4, -0.2) is 50.2 Å². The molecule has 0 bridgehead atoms. The van der Waals surface area contributed by atoms with Crippen LogP contribution in [0.1, 0.15) is 35.4 Å². The van der Waals surface area contributed by atoms with Gasteiger partial charge in [0.15, 0.2) is 17.3 Å². The van der Waals surface area contributed by atoms with Gasteiger partial charge in [0.25, 0.3) is 17.0 Å². The number of anilines is 3. The van der Waals surface area contributed by atoms with Gasteiger partial charge in [-0.25, -0.2) is 9.97 Å². The average Bonchev–Trinajstić information content (AvgIpc) is 2.77. The Morgan fingerprint density at radius 2 is 1.74 bits per heavy atom. The SMILES string of the molecule is CC[C@@H](Nc1c(Nc2ncnc(C(=O)N(C)C)c2O)c(=O)[nH][nH]c1=O)c1ccccc1. The number of hydrogen-bond acceptors (Lipinski definition) is 8. The van der Waals surface area contributed by atoms with Gasteiger partial charge in [0.2, 0.25) is 0 Å². The van der Waals surface area contributed by atoms with Gasteiger partial charge in [0, 0.05) is 14.1 Å². The van der Waals surface area contributed by atoms with Crippen LogP contribution >= 0.6 is 0 Å². The van der Waals surface area contributed by atoms with Crippen LogP contribution < -0.4 is 21.8 Å². The summed E-state index contributed by atoms with van der Waals surface area (Å²) in [5.74, 6) is -1.27. The Bertz CT molecular complexity index is 1190. The van der Waals surface area contributed by atoms with Crippen LogP contribution in [0.5, 0.6) is 5.75 Å². The second kappa shape index (κ2) is 9.11. The minimum atomic E-state index is -0.650. The molecule has 3 rings (SSSR count). The van der Waals surface area contributed by atoms with Gasteiger partial charge in [-0.15, -0.1) is 0 Å². The topological polar surface area (TPSA) is 156 Å². The van der Waals surface area contributed by atoms with Crippen LogP contribution in [0.15, 0.2) is 46.2 Å². The Morgan fingerprint density at radius 1 is 1.10 bits per heavy atom. The van der Waals surface area contributed by atoms with Gasteiger partial charge in [-0.1, -0.05) is 37.3 Å². The summed E-state index contributed by atoms with van der Waals surface area (Å²) in [6.07, 6.45) is 1.71. The lowest BCUT2D eigenvalue weighted by Crippen LogP contribution is -2.27. The number of H-pyrrole nitrogens is 2. The summed E-state index contributed by atoms with van der Waals surface area (Å²) in [6, 6.07) is 9.20. The van der Waals surface area contributed by atoms with E-state index in [2.05, 4.69) is 30.8 Å². The molecule has 1 amide bonds. The van der Waals surface area contributed by atoms with Gasteiger partial charge in [0.05, 0.1) is 6.04 Å². The third kappa shape index (κ3) is 4.55. The van der Waals surface area contributed by atoms with E-state index in [1.54, 1.807) is 0 Å². The molecule has 0 saturated carbocycles. The molecule has 0 spiro atoms. The van der Waals surface area contributed by atoms with E-state index in [4.69, 9.17) is 0 Å². The third-order valence-electron chi connectivity index (χ3n) is 4.60. The molecular weight excluding hydrogens is 402 g/mol. The first-order chi connectivity index (χ1) is 14.8. The standard InChI is InChI=1S/C20H23N7O4/c1-4-12(11-8-6-5-7-9-11)23-13-14(19(30)26-25-18(13)29)24-17-16(28)15(21-10-22-17)20(31)27(2)3/h5-10,12,28H,4H2,1-3H3,(H2,23,26,30)(H2,21,22,24,25,29)/t12-/m1/s1. The van der Waals surface area contributed by atoms with Crippen LogP contribution in [0.3, 0.4) is 0 Å². The van der Waals surface area contributed by atoms with Crippen molar-refractivity contribution in [2.24, 2.45) is 0 Å². The van der Waals surface area contributed by atoms with E-state index < -0.39 is 22.8 Å². The number of benzene rings is 1. The third-order valence-corrected chi connectivity index (χ3v) is 4.60. The first kappa shape index (κ1) is 21.6. The average molecular weight is 425 g/mol. The fourth-order valence-corrected chi connectivity index (χ4v) is 2.96. The van der Waals surface area contributed by atoms with E-state index in [-0.39, 0.29) is 28.9 Å². The lowest BCUT2D eigenvalue weighted by Gasteiger charge is -2.20. The normalized spacial score (nSPS) is 11.6. The highest BCUT2D eigenvalue weighted by Gasteiger charge is 2.22. The van der Waals surface area contributed by atoms with E-state index in [1.165, 1.54) is 19.0 Å². The van der Waals surface area contributed by atoms with E-state index in [1.807, 2.05) is 37.3 Å². The van der Waals surface area contributed by atoms with Crippen molar-refractivity contribution in [3.8, 4) is 5.75 Å². The molecule has 0 unspecified atom stereocenters. The smallest absolute Gasteiger partial charge is 0.288 e. The number of carbonyl (C=O) groups excluding carboxylic acids is 1. The lowest BCUT2D eigenvalue weighted by molar-refractivity contribution is 0.0818. The summed E-state index contributed by atoms with van der Waals surface area (Å²) in [5.41, 5.74) is -0.722. The predicted molar refractivity (Wildman–Crippen MR) is 116 cm³/mol. The van der Waals surface area contributed by atoms with Gasteiger partial charge in [-0.2, -0.15) is 0 Å². The van der Waals surface area contributed by atoms with Crippen LogP contribution in [0, 0.1) is 0 Å². The summed E-state index contributed by atoms with van der Waals surface area (Å²) in [5, 5.41) is 20.8. The Morgan fingerprint density at radius 3 is 2.35 bits per heavy atom. The zero-order valence-corrected chi connectivity index (χ0v) is 17.3. The van der Waals surface area contributed by atoms with Crippen molar-refractivity contribution in [2.45, 2.75) is 19.4 Å². The summed E-state index contributed by atoms with van der Waals surface area (Å²) >= 11 is 0. The maximum atomic E-state index is 12.5. The van der Waals surface area contributed by atoms with Crippen LogP contribution in [0.2, 0.25) is 0 Å². The van der Waals surface area contributed by atoms with Gasteiger partial charge >= 0.3 is 0 Å². The molecule has 0 fully saturated rings. The maximum absolute atomic E-state index is 12.5. The maximum Gasteiger partial charge on any atom is 0.288 e. The van der Waals surface area contributed by atoms with E-state index in [0.717, 1.165) is 11.9 Å². The van der Waals surface area contributed by atoms with Crippen LogP contribution in [0.4, 0.5) is 17.2 Å². The molecule has 5 N–H and O–H groups in total. The number of rotatable bonds is 7. The Labute approximate surface area is 177 Å². The van der Waals surface area contributed by atoms with Crippen molar-refractivity contribution >= 4 is 23.1 Å². The van der Waals surface area contributed by atoms with Crippen molar-refractivity contribution in [3.05, 3.63) is 68.6 Å². The summed E-state index contributed by atoms with van der Waals surface area (Å²) in [7, 11) is 3.02. The summed E-state index contributed by atoms with van der Waals surface area (Å²) in [4.78, 5) is 46.2. The molecule has 162 valence electrons. The molecule has 0 saturated heterocycles. The first-order valence-electron chi connectivity index (χ1n) is 9.52. The predicted octanol–water partition coefficient (Wildman–Crippen LogP) is 1.57. The van der Waals surface area contributed by atoms with E-state index in [0.29, 0.717) is 6.42 Å². The zero-order valence-electron chi connectivity index (χ0n) is 17.3. The first-order valence-corrected chi connectivity index (χ1v) is 9.52. The number of nitrogens with zero attached hydrogens (tertiary/aromatic N) is 3. The Balaban J connectivity index is 2.03. The second-order valence-corrected chi connectivity index (χ2v) is 6.92. The highest BCUT2D eigenvalue weighted by molar-refractivity contribution is 5.96. The molecule has 3 aromatic rings. The van der Waals surface area contributed by atoms with Gasteiger partial charge < -0.3 is 20.6 Å². The summed E-state index contributed by atoms with van der Waals surface area (Å²) in [6.45, 7) is 1.94. The number of nitrogens with one attached hydrogen (secondary N) is 4. The number of aromatic hydroxyl groups is 1. The fraction of sp³-hybridized carbons (Fsp3) is 0.250. The van der Waals surface area contributed by atoms with Crippen molar-refractivity contribution in [1.29, 1.82) is 0 Å². The quantitative estimate of drug-likeness (QED) is 0.382. The zero-order chi connectivity index (χ0) is 22.5. The summed E-state index contributed by atoms with van der Waals surface area (Å²) < 4.78 is 0. The number of amides is 1. The molecule has 11 heteroatoms. The molecule has 0 aliphatic heterocycles. The molecule has 2 heterocycles. The molecule has 0 radical (unpaired) electrons. The molecule has 0 aliphatic rings. The number of aromatic nitrogens is 4. The van der Waals surface area contributed by atoms with Crippen molar-refractivity contribution in [3.63, 3.8) is 0 Å². The van der Waals surface area contributed by atoms with Gasteiger partial charge in [-0.05, 0) is 12.0 Å². The fourth-order valence-electron chi connectivity index (χ4n) is 2.96. The Hall–Kier alpha value is -4.15.